The summed E-state index contributed by atoms with van der Waals surface area (Å²) in [6.07, 6.45) is -0.0948. The van der Waals surface area contributed by atoms with Gasteiger partial charge in [0, 0.05) is 17.6 Å². The molecule has 2 amide bonds. The second-order valence-electron chi connectivity index (χ2n) is 7.23. The van der Waals surface area contributed by atoms with E-state index in [4.69, 9.17) is 0 Å². The summed E-state index contributed by atoms with van der Waals surface area (Å²) in [5.74, 6) is -0.623. The van der Waals surface area contributed by atoms with Gasteiger partial charge in [0.15, 0.2) is 0 Å². The van der Waals surface area contributed by atoms with E-state index in [-0.39, 0.29) is 24.8 Å². The molecule has 0 fully saturated rings. The molecule has 2 aromatic carbocycles. The molecule has 0 heterocycles. The van der Waals surface area contributed by atoms with Crippen LogP contribution < -0.4 is 5.32 Å². The molecule has 6 heteroatoms. The third kappa shape index (κ3) is 6.44. The van der Waals surface area contributed by atoms with E-state index >= 15 is 0 Å². The second-order valence-corrected chi connectivity index (χ2v) is 8.15. The standard InChI is InChI=1S/C22H26BrFN2O2/c1-15(2)13-25-22(28)16(3)26(14-17-7-6-9-19(23)11-17)21(27)12-18-8-4-5-10-20(18)24/h4-11,15-16H,12-14H2,1-3H3,(H,25,28)/t16-/m1/s1. The van der Waals surface area contributed by atoms with Gasteiger partial charge in [-0.25, -0.2) is 4.39 Å². The Morgan fingerprint density at radius 1 is 1.11 bits per heavy atom. The van der Waals surface area contributed by atoms with Crippen LogP contribution in [-0.2, 0) is 22.6 Å². The fourth-order valence-corrected chi connectivity index (χ4v) is 3.22. The summed E-state index contributed by atoms with van der Waals surface area (Å²) in [4.78, 5) is 27.1. The summed E-state index contributed by atoms with van der Waals surface area (Å²) < 4.78 is 14.9. The van der Waals surface area contributed by atoms with E-state index in [0.717, 1.165) is 10.0 Å². The van der Waals surface area contributed by atoms with E-state index < -0.39 is 11.9 Å². The molecule has 28 heavy (non-hydrogen) atoms. The molecule has 1 atom stereocenters. The van der Waals surface area contributed by atoms with Crippen LogP contribution in [0.5, 0.6) is 0 Å². The summed E-state index contributed by atoms with van der Waals surface area (Å²) in [6.45, 7) is 6.52. The predicted molar refractivity (Wildman–Crippen MR) is 112 cm³/mol. The van der Waals surface area contributed by atoms with Crippen molar-refractivity contribution in [2.24, 2.45) is 5.92 Å². The van der Waals surface area contributed by atoms with Gasteiger partial charge in [-0.1, -0.05) is 60.1 Å². The quantitative estimate of drug-likeness (QED) is 0.653. The van der Waals surface area contributed by atoms with Gasteiger partial charge in [0.1, 0.15) is 11.9 Å². The molecule has 2 rings (SSSR count). The van der Waals surface area contributed by atoms with Gasteiger partial charge in [-0.2, -0.15) is 0 Å². The smallest absolute Gasteiger partial charge is 0.242 e. The zero-order chi connectivity index (χ0) is 20.7. The summed E-state index contributed by atoms with van der Waals surface area (Å²) in [5, 5.41) is 2.87. The van der Waals surface area contributed by atoms with Gasteiger partial charge in [-0.05, 0) is 42.2 Å². The highest BCUT2D eigenvalue weighted by atomic mass is 79.9. The molecule has 0 bridgehead atoms. The molecule has 0 aliphatic heterocycles. The summed E-state index contributed by atoms with van der Waals surface area (Å²) in [7, 11) is 0. The predicted octanol–water partition coefficient (Wildman–Crippen LogP) is 4.32. The van der Waals surface area contributed by atoms with Crippen LogP contribution in [0.25, 0.3) is 0 Å². The van der Waals surface area contributed by atoms with Crippen molar-refractivity contribution in [2.45, 2.75) is 39.8 Å². The minimum Gasteiger partial charge on any atom is -0.354 e. The molecule has 0 aliphatic carbocycles. The largest absolute Gasteiger partial charge is 0.354 e. The van der Waals surface area contributed by atoms with Crippen LogP contribution in [0.2, 0.25) is 0 Å². The average Bonchev–Trinajstić information content (AvgIpc) is 2.65. The number of nitrogens with zero attached hydrogens (tertiary/aromatic N) is 1. The number of carbonyl (C=O) groups excluding carboxylic acids is 2. The number of halogens is 2. The molecule has 0 aromatic heterocycles. The van der Waals surface area contributed by atoms with E-state index in [2.05, 4.69) is 21.2 Å². The Kier molecular flexibility index (Phi) is 8.18. The fraction of sp³-hybridized carbons (Fsp3) is 0.364. The molecule has 0 radical (unpaired) electrons. The number of nitrogens with one attached hydrogen (secondary N) is 1. The third-order valence-electron chi connectivity index (χ3n) is 4.39. The maximum Gasteiger partial charge on any atom is 0.242 e. The van der Waals surface area contributed by atoms with Gasteiger partial charge in [0.05, 0.1) is 6.42 Å². The van der Waals surface area contributed by atoms with E-state index in [9.17, 15) is 14.0 Å². The lowest BCUT2D eigenvalue weighted by Crippen LogP contribution is -2.48. The minimum atomic E-state index is -0.669. The normalized spacial score (nSPS) is 11.9. The average molecular weight is 449 g/mol. The Hall–Kier alpha value is -2.21. The highest BCUT2D eigenvalue weighted by Crippen LogP contribution is 2.17. The van der Waals surface area contributed by atoms with E-state index in [1.54, 1.807) is 25.1 Å². The van der Waals surface area contributed by atoms with Crippen LogP contribution in [-0.4, -0.2) is 29.3 Å². The Morgan fingerprint density at radius 2 is 1.82 bits per heavy atom. The Morgan fingerprint density at radius 3 is 2.46 bits per heavy atom. The van der Waals surface area contributed by atoms with E-state index in [0.29, 0.717) is 18.0 Å². The SMILES string of the molecule is CC(C)CNC(=O)[C@@H](C)N(Cc1cccc(Br)c1)C(=O)Cc1ccccc1F. The molecule has 150 valence electrons. The summed E-state index contributed by atoms with van der Waals surface area (Å²) in [5.41, 5.74) is 1.21. The van der Waals surface area contributed by atoms with Crippen LogP contribution >= 0.6 is 15.9 Å². The molecule has 0 spiro atoms. The monoisotopic (exact) mass is 448 g/mol. The maximum absolute atomic E-state index is 14.0. The lowest BCUT2D eigenvalue weighted by atomic mass is 10.1. The molecule has 0 saturated carbocycles. The fourth-order valence-electron chi connectivity index (χ4n) is 2.77. The summed E-state index contributed by atoms with van der Waals surface area (Å²) in [6, 6.07) is 13.1. The maximum atomic E-state index is 14.0. The van der Waals surface area contributed by atoms with Crippen LogP contribution in [0.1, 0.15) is 31.9 Å². The topological polar surface area (TPSA) is 49.4 Å². The van der Waals surface area contributed by atoms with E-state index in [1.165, 1.54) is 11.0 Å². The number of hydrogen-bond donors (Lipinski definition) is 1. The highest BCUT2D eigenvalue weighted by molar-refractivity contribution is 9.10. The first kappa shape index (κ1) is 22.1. The van der Waals surface area contributed by atoms with Crippen molar-refractivity contribution in [3.63, 3.8) is 0 Å². The minimum absolute atomic E-state index is 0.0948. The first-order chi connectivity index (χ1) is 13.3. The molecule has 0 aliphatic rings. The van der Waals surface area contributed by atoms with Crippen LogP contribution in [0.15, 0.2) is 53.0 Å². The molecule has 1 N–H and O–H groups in total. The lowest BCUT2D eigenvalue weighted by molar-refractivity contribution is -0.140. The Bertz CT molecular complexity index is 826. The molecule has 4 nitrogen and oxygen atoms in total. The summed E-state index contributed by atoms with van der Waals surface area (Å²) >= 11 is 3.43. The van der Waals surface area contributed by atoms with Crippen molar-refractivity contribution in [1.82, 2.24) is 10.2 Å². The molecule has 0 saturated heterocycles. The Balaban J connectivity index is 2.22. The zero-order valence-corrected chi connectivity index (χ0v) is 18.0. The van der Waals surface area contributed by atoms with Gasteiger partial charge in [0.25, 0.3) is 0 Å². The van der Waals surface area contributed by atoms with Crippen molar-refractivity contribution >= 4 is 27.7 Å². The van der Waals surface area contributed by atoms with Crippen molar-refractivity contribution in [3.05, 3.63) is 69.9 Å². The third-order valence-corrected chi connectivity index (χ3v) is 4.89. The van der Waals surface area contributed by atoms with Gasteiger partial charge in [-0.3, -0.25) is 9.59 Å². The van der Waals surface area contributed by atoms with Crippen molar-refractivity contribution in [1.29, 1.82) is 0 Å². The second kappa shape index (κ2) is 10.4. The van der Waals surface area contributed by atoms with Gasteiger partial charge in [-0.15, -0.1) is 0 Å². The molecular formula is C22H26BrFN2O2. The Labute approximate surface area is 174 Å². The lowest BCUT2D eigenvalue weighted by Gasteiger charge is -2.29. The molecular weight excluding hydrogens is 423 g/mol. The van der Waals surface area contributed by atoms with Gasteiger partial charge < -0.3 is 10.2 Å². The first-order valence-corrected chi connectivity index (χ1v) is 10.1. The van der Waals surface area contributed by atoms with Crippen LogP contribution in [0.3, 0.4) is 0 Å². The highest BCUT2D eigenvalue weighted by Gasteiger charge is 2.26. The van der Waals surface area contributed by atoms with Crippen molar-refractivity contribution < 1.29 is 14.0 Å². The van der Waals surface area contributed by atoms with Crippen LogP contribution in [0, 0.1) is 11.7 Å². The first-order valence-electron chi connectivity index (χ1n) is 9.33. The number of benzene rings is 2. The van der Waals surface area contributed by atoms with Crippen molar-refractivity contribution in [2.75, 3.05) is 6.54 Å². The zero-order valence-electron chi connectivity index (χ0n) is 16.4. The van der Waals surface area contributed by atoms with Crippen LogP contribution in [0.4, 0.5) is 4.39 Å². The van der Waals surface area contributed by atoms with E-state index in [1.807, 2.05) is 38.1 Å². The number of rotatable bonds is 8. The number of hydrogen-bond acceptors (Lipinski definition) is 2. The molecule has 0 unspecified atom stereocenters. The van der Waals surface area contributed by atoms with Crippen molar-refractivity contribution in [3.8, 4) is 0 Å². The number of carbonyl (C=O) groups is 2. The number of amides is 2. The van der Waals surface area contributed by atoms with Gasteiger partial charge >= 0.3 is 0 Å². The molecule has 2 aromatic rings. The van der Waals surface area contributed by atoms with Gasteiger partial charge in [0.2, 0.25) is 11.8 Å².